The first-order valence-electron chi connectivity index (χ1n) is 24.6. The Morgan fingerprint density at radius 3 is 1.19 bits per heavy atom. The summed E-state index contributed by atoms with van der Waals surface area (Å²) in [5, 5.41) is 0. The molecule has 12 rings (SSSR count). The lowest BCUT2D eigenvalue weighted by atomic mass is 9.98. The van der Waals surface area contributed by atoms with Crippen LogP contribution in [0.2, 0.25) is 0 Å². The van der Waals surface area contributed by atoms with Crippen LogP contribution in [-0.2, 0) is 6.42 Å². The molecule has 8 nitrogen and oxygen atoms in total. The normalized spacial score (nSPS) is 11.9. The average molecular weight is 935 g/mol. The Balaban J connectivity index is 0.862. The van der Waals surface area contributed by atoms with Gasteiger partial charge in [-0.15, -0.1) is 0 Å². The number of anilines is 6. The Morgan fingerprint density at radius 1 is 0.375 bits per heavy atom. The minimum Gasteiger partial charge on any atom is -0.436 e. The molecule has 0 aliphatic heterocycles. The quantitative estimate of drug-likeness (QED) is 0.113. The van der Waals surface area contributed by atoms with E-state index >= 15 is 0 Å². The van der Waals surface area contributed by atoms with Crippen LogP contribution in [0, 0.1) is 0 Å². The van der Waals surface area contributed by atoms with Gasteiger partial charge in [0.1, 0.15) is 11.0 Å². The van der Waals surface area contributed by atoms with E-state index in [0.29, 0.717) is 17.7 Å². The number of nitrogens with zero attached hydrogens (tertiary/aromatic N) is 6. The van der Waals surface area contributed by atoms with Crippen LogP contribution in [0.3, 0.4) is 0 Å². The van der Waals surface area contributed by atoms with E-state index in [9.17, 15) is 0 Å². The van der Waals surface area contributed by atoms with Crippen LogP contribution in [0.1, 0.15) is 44.2 Å². The third-order valence-electron chi connectivity index (χ3n) is 13.6. The maximum Gasteiger partial charge on any atom is 0.227 e. The first kappa shape index (κ1) is 44.1. The van der Waals surface area contributed by atoms with E-state index in [4.69, 9.17) is 28.8 Å². The summed E-state index contributed by atoms with van der Waals surface area (Å²) in [4.78, 5) is 24.8. The molecule has 0 aliphatic rings. The van der Waals surface area contributed by atoms with Crippen molar-refractivity contribution in [3.05, 3.63) is 230 Å². The van der Waals surface area contributed by atoms with Crippen LogP contribution >= 0.6 is 0 Å². The van der Waals surface area contributed by atoms with Crippen molar-refractivity contribution < 1.29 is 8.83 Å². The van der Waals surface area contributed by atoms with Crippen molar-refractivity contribution in [2.75, 3.05) is 9.80 Å². The first-order valence-corrected chi connectivity index (χ1v) is 24.6. The van der Waals surface area contributed by atoms with Crippen molar-refractivity contribution in [1.82, 2.24) is 19.9 Å². The molecule has 12 aromatic rings. The van der Waals surface area contributed by atoms with Crippen LogP contribution in [0.15, 0.2) is 227 Å². The highest BCUT2D eigenvalue weighted by Gasteiger charge is 2.20. The topological polar surface area (TPSA) is 84.3 Å². The molecule has 0 radical (unpaired) electrons. The lowest BCUT2D eigenvalue weighted by molar-refractivity contribution is 0.619. The van der Waals surface area contributed by atoms with E-state index in [1.807, 2.05) is 48.5 Å². The number of aryl methyl sites for hydroxylation is 1. The zero-order valence-electron chi connectivity index (χ0n) is 40.3. The van der Waals surface area contributed by atoms with E-state index < -0.39 is 0 Å². The van der Waals surface area contributed by atoms with Gasteiger partial charge in [-0.25, -0.2) is 19.9 Å². The van der Waals surface area contributed by atoms with Gasteiger partial charge in [-0.05, 0) is 163 Å². The number of aromatic nitrogens is 4. The fraction of sp³-hybridized carbons (Fsp3) is 0.0938. The predicted octanol–water partition coefficient (Wildman–Crippen LogP) is 17.6. The minimum atomic E-state index is 0.463. The number of benzene rings is 9. The van der Waals surface area contributed by atoms with E-state index in [-0.39, 0.29) is 0 Å². The zero-order chi connectivity index (χ0) is 48.5. The highest BCUT2D eigenvalue weighted by molar-refractivity contribution is 5.89. The second-order valence-corrected chi connectivity index (χ2v) is 18.2. The van der Waals surface area contributed by atoms with Crippen molar-refractivity contribution in [3.63, 3.8) is 0 Å². The van der Waals surface area contributed by atoms with E-state index in [1.165, 1.54) is 11.1 Å². The Labute approximate surface area is 418 Å². The number of fused-ring (bicyclic) bond motifs is 3. The summed E-state index contributed by atoms with van der Waals surface area (Å²) in [6, 6.07) is 75.5. The molecule has 0 N–H and O–H groups in total. The fourth-order valence-electron chi connectivity index (χ4n) is 9.42. The number of hydrogen-bond donors (Lipinski definition) is 0. The van der Waals surface area contributed by atoms with Crippen LogP contribution in [-0.4, -0.2) is 19.9 Å². The first-order chi connectivity index (χ1) is 35.5. The molecule has 0 saturated carbocycles. The molecule has 72 heavy (non-hydrogen) atoms. The molecule has 0 fully saturated rings. The Hall–Kier alpha value is -9.14. The van der Waals surface area contributed by atoms with Gasteiger partial charge in [-0.3, -0.25) is 0 Å². The molecule has 1 atom stereocenters. The predicted molar refractivity (Wildman–Crippen MR) is 294 cm³/mol. The van der Waals surface area contributed by atoms with Crippen molar-refractivity contribution in [3.8, 4) is 45.4 Å². The van der Waals surface area contributed by atoms with E-state index in [0.717, 1.165) is 114 Å². The molecular weight excluding hydrogens is 885 g/mol. The summed E-state index contributed by atoms with van der Waals surface area (Å²) in [5.41, 5.74) is 19.0. The van der Waals surface area contributed by atoms with Crippen LogP contribution < -0.4 is 9.80 Å². The molecule has 348 valence electrons. The number of oxazole rings is 2. The largest absolute Gasteiger partial charge is 0.436 e. The second-order valence-electron chi connectivity index (χ2n) is 18.2. The average Bonchev–Trinajstić information content (AvgIpc) is 4.09. The summed E-state index contributed by atoms with van der Waals surface area (Å²) < 4.78 is 12.4. The highest BCUT2D eigenvalue weighted by atomic mass is 16.4. The Bertz CT molecular complexity index is 3830. The van der Waals surface area contributed by atoms with Gasteiger partial charge in [0.25, 0.3) is 0 Å². The van der Waals surface area contributed by atoms with Gasteiger partial charge in [0, 0.05) is 56.4 Å². The Morgan fingerprint density at radius 2 is 0.764 bits per heavy atom. The molecule has 1 unspecified atom stereocenters. The number of para-hydroxylation sites is 4. The third kappa shape index (κ3) is 8.53. The van der Waals surface area contributed by atoms with Gasteiger partial charge in [0.05, 0.1) is 22.4 Å². The van der Waals surface area contributed by atoms with Gasteiger partial charge in [-0.1, -0.05) is 106 Å². The SMILES string of the molecule is CCc1ccc2oc(-c3ccc(N(c4ccccc4)c4ccc(-c5nc6ccccc6nc5-c5ccc(N(c6ccccc6)c6ccc(-c7nc8cc(C(C)CC)ccc8o7)cc6)cc5)cc4)cc3)nc2c1. The van der Waals surface area contributed by atoms with Crippen molar-refractivity contribution in [2.45, 2.75) is 39.5 Å². The molecular formula is C64H50N6O2. The lowest BCUT2D eigenvalue weighted by Crippen LogP contribution is -2.10. The fourth-order valence-corrected chi connectivity index (χ4v) is 9.42. The van der Waals surface area contributed by atoms with Gasteiger partial charge in [-0.2, -0.15) is 0 Å². The van der Waals surface area contributed by atoms with Crippen LogP contribution in [0.5, 0.6) is 0 Å². The molecule has 0 spiro atoms. The van der Waals surface area contributed by atoms with Crippen LogP contribution in [0.4, 0.5) is 34.1 Å². The standard InChI is InChI=1S/C64H50N6O2/c1-4-42(3)48-29-39-60-58(41-48)68-64(72-60)47-27-36-54(37-28-47)70(50-16-10-7-11-17-50)52-32-23-45(24-33-52)62-61(65-55-18-12-13-19-56(55)66-62)44-21-30-51(31-22-44)69(49-14-8-6-9-15-49)53-34-25-46(26-35-53)63-67-57-40-43(5-2)20-38-59(57)71-63/h6-42H,4-5H2,1-3H3. The Kier molecular flexibility index (Phi) is 11.6. The summed E-state index contributed by atoms with van der Waals surface area (Å²) in [7, 11) is 0. The molecule has 3 heterocycles. The van der Waals surface area contributed by atoms with Crippen molar-refractivity contribution in [2.24, 2.45) is 0 Å². The summed E-state index contributed by atoms with van der Waals surface area (Å²) in [6.07, 6.45) is 2.02. The van der Waals surface area contributed by atoms with Gasteiger partial charge in [0.15, 0.2) is 11.2 Å². The summed E-state index contributed by atoms with van der Waals surface area (Å²) in [6.45, 7) is 6.60. The monoisotopic (exact) mass is 934 g/mol. The smallest absolute Gasteiger partial charge is 0.227 e. The molecule has 3 aromatic heterocycles. The summed E-state index contributed by atoms with van der Waals surface area (Å²) in [5.74, 6) is 1.68. The van der Waals surface area contributed by atoms with Gasteiger partial charge in [0.2, 0.25) is 11.8 Å². The zero-order valence-corrected chi connectivity index (χ0v) is 40.3. The summed E-state index contributed by atoms with van der Waals surface area (Å²) >= 11 is 0. The molecule has 0 bridgehead atoms. The third-order valence-corrected chi connectivity index (χ3v) is 13.6. The highest BCUT2D eigenvalue weighted by Crippen LogP contribution is 2.41. The minimum absolute atomic E-state index is 0.463. The number of hydrogen-bond acceptors (Lipinski definition) is 8. The second kappa shape index (κ2) is 19.0. The van der Waals surface area contributed by atoms with Crippen molar-refractivity contribution in [1.29, 1.82) is 0 Å². The van der Waals surface area contributed by atoms with Gasteiger partial charge < -0.3 is 18.6 Å². The molecule has 0 amide bonds. The molecule has 8 heteroatoms. The van der Waals surface area contributed by atoms with E-state index in [2.05, 4.69) is 200 Å². The molecule has 9 aromatic carbocycles. The van der Waals surface area contributed by atoms with E-state index in [1.54, 1.807) is 0 Å². The van der Waals surface area contributed by atoms with Crippen LogP contribution in [0.25, 0.3) is 78.7 Å². The molecule has 0 aliphatic carbocycles. The van der Waals surface area contributed by atoms with Crippen molar-refractivity contribution >= 4 is 67.4 Å². The maximum absolute atomic E-state index is 6.25. The lowest BCUT2D eigenvalue weighted by Gasteiger charge is -2.26. The maximum atomic E-state index is 6.25. The number of rotatable bonds is 13. The van der Waals surface area contributed by atoms with Gasteiger partial charge >= 0.3 is 0 Å². The molecule has 0 saturated heterocycles.